The Morgan fingerprint density at radius 3 is 2.44 bits per heavy atom. The summed E-state index contributed by atoms with van der Waals surface area (Å²) in [7, 11) is 1.81. The topological polar surface area (TPSA) is 46.8 Å². The number of pyridine rings is 1. The largest absolute Gasteiger partial charge is 0.485 e. The summed E-state index contributed by atoms with van der Waals surface area (Å²) in [5, 5.41) is 0. The molecule has 0 N–H and O–H groups in total. The Bertz CT molecular complexity index is 1230. The number of carbonyl (C=O) groups is 1. The van der Waals surface area contributed by atoms with Gasteiger partial charge in [-0.25, -0.2) is 4.98 Å². The van der Waals surface area contributed by atoms with Crippen molar-refractivity contribution in [1.82, 2.24) is 14.3 Å². The molecule has 0 atom stereocenters. The summed E-state index contributed by atoms with van der Waals surface area (Å²) in [6, 6.07) is 19.9. The molecule has 0 unspecified atom stereocenters. The minimum absolute atomic E-state index is 0. The van der Waals surface area contributed by atoms with E-state index in [0.717, 1.165) is 33.9 Å². The van der Waals surface area contributed by atoms with Crippen molar-refractivity contribution in [2.45, 2.75) is 27.4 Å². The van der Waals surface area contributed by atoms with Gasteiger partial charge in [-0.2, -0.15) is 0 Å². The predicted octanol–water partition coefficient (Wildman–Crippen LogP) is 5.71. The lowest BCUT2D eigenvalue weighted by Crippen LogP contribution is -2.26. The van der Waals surface area contributed by atoms with Crippen LogP contribution in [0.15, 0.2) is 66.9 Å². The van der Waals surface area contributed by atoms with Gasteiger partial charge < -0.3 is 9.64 Å². The van der Waals surface area contributed by atoms with Crippen LogP contribution in [0.1, 0.15) is 34.1 Å². The van der Waals surface area contributed by atoms with E-state index in [4.69, 9.17) is 9.72 Å². The number of halogens is 1. The highest BCUT2D eigenvalue weighted by Crippen LogP contribution is 2.30. The summed E-state index contributed by atoms with van der Waals surface area (Å²) >= 11 is 0. The van der Waals surface area contributed by atoms with Crippen LogP contribution in [-0.2, 0) is 6.61 Å². The molecular formula is C26H28ClN3O2. The smallest absolute Gasteiger partial charge is 0.253 e. The molecule has 0 aliphatic heterocycles. The summed E-state index contributed by atoms with van der Waals surface area (Å²) in [6.07, 6.45) is 2.00. The molecular weight excluding hydrogens is 422 g/mol. The van der Waals surface area contributed by atoms with Crippen LogP contribution in [0, 0.1) is 13.8 Å². The fourth-order valence-corrected chi connectivity index (χ4v) is 3.68. The molecule has 0 aliphatic rings. The number of nitrogens with zero attached hydrogens (tertiary/aromatic N) is 3. The predicted molar refractivity (Wildman–Crippen MR) is 131 cm³/mol. The van der Waals surface area contributed by atoms with E-state index >= 15 is 0 Å². The Kier molecular flexibility index (Phi) is 7.21. The molecule has 0 bridgehead atoms. The third-order valence-corrected chi connectivity index (χ3v) is 5.66. The number of amides is 1. The molecule has 4 aromatic rings. The number of rotatable bonds is 6. The van der Waals surface area contributed by atoms with Crippen molar-refractivity contribution in [3.8, 4) is 17.0 Å². The Labute approximate surface area is 195 Å². The summed E-state index contributed by atoms with van der Waals surface area (Å²) in [5.74, 6) is 0.771. The lowest BCUT2D eigenvalue weighted by Gasteiger charge is -2.14. The van der Waals surface area contributed by atoms with Gasteiger partial charge in [0.25, 0.3) is 5.91 Å². The molecule has 2 aromatic heterocycles. The van der Waals surface area contributed by atoms with Crippen LogP contribution in [0.25, 0.3) is 16.9 Å². The second-order valence-corrected chi connectivity index (χ2v) is 7.72. The molecule has 2 heterocycles. The van der Waals surface area contributed by atoms with E-state index in [-0.39, 0.29) is 18.3 Å². The highest BCUT2D eigenvalue weighted by Gasteiger charge is 2.16. The molecule has 0 saturated carbocycles. The number of carbonyl (C=O) groups excluding carboxylic acids is 1. The maximum atomic E-state index is 12.4. The Morgan fingerprint density at radius 2 is 1.75 bits per heavy atom. The molecule has 4 rings (SSSR count). The first-order valence-corrected chi connectivity index (χ1v) is 10.5. The van der Waals surface area contributed by atoms with Crippen LogP contribution in [0.5, 0.6) is 5.75 Å². The van der Waals surface area contributed by atoms with Crippen LogP contribution in [-0.4, -0.2) is 33.8 Å². The molecule has 5 nitrogen and oxygen atoms in total. The molecule has 6 heteroatoms. The van der Waals surface area contributed by atoms with E-state index in [1.54, 1.807) is 4.90 Å². The number of hydrogen-bond donors (Lipinski definition) is 0. The maximum absolute atomic E-state index is 12.4. The first-order chi connectivity index (χ1) is 15.0. The van der Waals surface area contributed by atoms with E-state index in [1.807, 2.05) is 75.6 Å². The van der Waals surface area contributed by atoms with Crippen molar-refractivity contribution in [3.05, 3.63) is 89.2 Å². The summed E-state index contributed by atoms with van der Waals surface area (Å²) in [4.78, 5) is 18.9. The van der Waals surface area contributed by atoms with Gasteiger partial charge in [0.15, 0.2) is 11.4 Å². The van der Waals surface area contributed by atoms with Crippen LogP contribution < -0.4 is 4.74 Å². The standard InChI is InChI=1S/C26H27N3O2.ClH/c1-5-28(4)26(30)21-14-12-20(13-15-21)24-19(3)27-25-23(11-8-16-29(24)25)31-17-22-10-7-6-9-18(22)2;/h6-16H,5,17H2,1-4H3;1H. The van der Waals surface area contributed by atoms with Gasteiger partial charge in [-0.1, -0.05) is 36.4 Å². The fraction of sp³-hybridized carbons (Fsp3) is 0.231. The fourth-order valence-electron chi connectivity index (χ4n) is 3.68. The van der Waals surface area contributed by atoms with Gasteiger partial charge in [0.1, 0.15) is 6.61 Å². The normalized spacial score (nSPS) is 10.6. The second kappa shape index (κ2) is 9.88. The van der Waals surface area contributed by atoms with E-state index in [9.17, 15) is 4.79 Å². The quantitative estimate of drug-likeness (QED) is 0.378. The summed E-state index contributed by atoms with van der Waals surface area (Å²) in [6.45, 7) is 7.22. The van der Waals surface area contributed by atoms with Crippen LogP contribution in [0.2, 0.25) is 0 Å². The van der Waals surface area contributed by atoms with Crippen molar-refractivity contribution in [1.29, 1.82) is 0 Å². The zero-order valence-electron chi connectivity index (χ0n) is 18.8. The van der Waals surface area contributed by atoms with Gasteiger partial charge in [0.2, 0.25) is 0 Å². The molecule has 0 saturated heterocycles. The first-order valence-electron chi connectivity index (χ1n) is 10.5. The third kappa shape index (κ3) is 4.48. The maximum Gasteiger partial charge on any atom is 0.253 e. The number of aromatic nitrogens is 2. The van der Waals surface area contributed by atoms with E-state index in [0.29, 0.717) is 18.7 Å². The van der Waals surface area contributed by atoms with Crippen LogP contribution in [0.3, 0.4) is 0 Å². The number of hydrogen-bond acceptors (Lipinski definition) is 3. The van der Waals surface area contributed by atoms with Crippen molar-refractivity contribution >= 4 is 24.0 Å². The number of ether oxygens (including phenoxy) is 1. The molecule has 1 amide bonds. The van der Waals surface area contributed by atoms with Gasteiger partial charge in [0.05, 0.1) is 11.4 Å². The van der Waals surface area contributed by atoms with Gasteiger partial charge >= 0.3 is 0 Å². The van der Waals surface area contributed by atoms with Gasteiger partial charge in [-0.15, -0.1) is 12.4 Å². The van der Waals surface area contributed by atoms with E-state index in [1.165, 1.54) is 5.56 Å². The number of aryl methyl sites for hydroxylation is 2. The third-order valence-electron chi connectivity index (χ3n) is 5.66. The monoisotopic (exact) mass is 449 g/mol. The molecule has 0 spiro atoms. The van der Waals surface area contributed by atoms with E-state index < -0.39 is 0 Å². The number of imidazole rings is 1. The van der Waals surface area contributed by atoms with Crippen molar-refractivity contribution in [2.24, 2.45) is 0 Å². The summed E-state index contributed by atoms with van der Waals surface area (Å²) < 4.78 is 8.20. The minimum atomic E-state index is 0. The zero-order valence-corrected chi connectivity index (χ0v) is 19.6. The minimum Gasteiger partial charge on any atom is -0.485 e. The lowest BCUT2D eigenvalue weighted by atomic mass is 10.1. The molecule has 0 aliphatic carbocycles. The summed E-state index contributed by atoms with van der Waals surface area (Å²) in [5.41, 5.74) is 6.76. The second-order valence-electron chi connectivity index (χ2n) is 7.72. The molecule has 0 fully saturated rings. The van der Waals surface area contributed by atoms with Gasteiger partial charge in [-0.3, -0.25) is 9.20 Å². The Balaban J connectivity index is 0.00000289. The molecule has 166 valence electrons. The average Bonchev–Trinajstić information content (AvgIpc) is 3.14. The van der Waals surface area contributed by atoms with Crippen molar-refractivity contribution in [3.63, 3.8) is 0 Å². The molecule has 2 aromatic carbocycles. The average molecular weight is 450 g/mol. The Hall–Kier alpha value is -3.31. The highest BCUT2D eigenvalue weighted by atomic mass is 35.5. The van der Waals surface area contributed by atoms with Crippen molar-refractivity contribution in [2.75, 3.05) is 13.6 Å². The zero-order chi connectivity index (χ0) is 22.0. The van der Waals surface area contributed by atoms with Crippen molar-refractivity contribution < 1.29 is 9.53 Å². The molecule has 0 radical (unpaired) electrons. The van der Waals surface area contributed by atoms with Crippen LogP contribution in [0.4, 0.5) is 0 Å². The molecule has 32 heavy (non-hydrogen) atoms. The van der Waals surface area contributed by atoms with Gasteiger partial charge in [-0.05, 0) is 56.2 Å². The van der Waals surface area contributed by atoms with Gasteiger partial charge in [0, 0.05) is 30.9 Å². The number of fused-ring (bicyclic) bond motifs is 1. The SMILES string of the molecule is CCN(C)C(=O)c1ccc(-c2c(C)nc3c(OCc4ccccc4C)cccn23)cc1.Cl. The highest BCUT2D eigenvalue weighted by molar-refractivity contribution is 5.94. The Morgan fingerprint density at radius 1 is 1.03 bits per heavy atom. The van der Waals surface area contributed by atoms with E-state index in [2.05, 4.69) is 23.5 Å². The lowest BCUT2D eigenvalue weighted by molar-refractivity contribution is 0.0802. The number of benzene rings is 2. The first kappa shape index (κ1) is 23.4. The van der Waals surface area contributed by atoms with Crippen LogP contribution >= 0.6 is 12.4 Å².